The monoisotopic (exact) mass is 356 g/mol. The number of thiophene rings is 1. The van der Waals surface area contributed by atoms with Crippen molar-refractivity contribution in [1.82, 2.24) is 0 Å². The van der Waals surface area contributed by atoms with Crippen LogP contribution in [-0.2, 0) is 11.0 Å². The summed E-state index contributed by atoms with van der Waals surface area (Å²) in [6.45, 7) is 0. The van der Waals surface area contributed by atoms with E-state index in [1.807, 2.05) is 0 Å². The van der Waals surface area contributed by atoms with E-state index in [1.54, 1.807) is 23.6 Å². The van der Waals surface area contributed by atoms with Gasteiger partial charge in [-0.25, -0.2) is 0 Å². The number of hydrogen-bond donors (Lipinski definition) is 1. The summed E-state index contributed by atoms with van der Waals surface area (Å²) in [5.41, 5.74) is -1.39. The molecule has 0 saturated heterocycles. The predicted octanol–water partition coefficient (Wildman–Crippen LogP) is 4.97. The van der Waals surface area contributed by atoms with Crippen molar-refractivity contribution in [3.05, 3.63) is 56.7 Å². The molecule has 118 valence electrons. The minimum Gasteiger partial charge on any atom is -0.320 e. The summed E-state index contributed by atoms with van der Waals surface area (Å²) < 4.78 is 38.1. The SMILES string of the molecule is N#C/C(=C\c1cccs1)C(=O)Nc1cc(C(F)(F)F)ccc1Cl. The van der Waals surface area contributed by atoms with Gasteiger partial charge in [-0.05, 0) is 35.7 Å². The Morgan fingerprint density at radius 2 is 2.09 bits per heavy atom. The second kappa shape index (κ2) is 6.86. The molecule has 0 aliphatic carbocycles. The maximum atomic E-state index is 12.7. The van der Waals surface area contributed by atoms with E-state index in [0.29, 0.717) is 4.88 Å². The Morgan fingerprint density at radius 1 is 1.35 bits per heavy atom. The summed E-state index contributed by atoms with van der Waals surface area (Å²) in [4.78, 5) is 12.7. The fourth-order valence-electron chi connectivity index (χ4n) is 1.65. The standard InChI is InChI=1S/C15H8ClF3N2OS/c16-12-4-3-10(15(17,18)19)7-13(12)21-14(22)9(8-20)6-11-2-1-5-23-11/h1-7H,(H,21,22)/b9-6+. The molecule has 0 bridgehead atoms. The molecule has 1 aromatic heterocycles. The van der Waals surface area contributed by atoms with Crippen molar-refractivity contribution in [2.75, 3.05) is 5.32 Å². The largest absolute Gasteiger partial charge is 0.416 e. The maximum absolute atomic E-state index is 12.7. The molecule has 1 N–H and O–H groups in total. The Kier molecular flexibility index (Phi) is 5.08. The quantitative estimate of drug-likeness (QED) is 0.623. The Balaban J connectivity index is 2.28. The fourth-order valence-corrected chi connectivity index (χ4v) is 2.47. The van der Waals surface area contributed by atoms with E-state index in [1.165, 1.54) is 17.4 Å². The van der Waals surface area contributed by atoms with Gasteiger partial charge in [-0.3, -0.25) is 4.79 Å². The van der Waals surface area contributed by atoms with Gasteiger partial charge in [0.25, 0.3) is 5.91 Å². The molecule has 2 aromatic rings. The highest BCUT2D eigenvalue weighted by Crippen LogP contribution is 2.34. The van der Waals surface area contributed by atoms with Crippen LogP contribution in [0.3, 0.4) is 0 Å². The van der Waals surface area contributed by atoms with Gasteiger partial charge in [-0.2, -0.15) is 18.4 Å². The summed E-state index contributed by atoms with van der Waals surface area (Å²) in [6, 6.07) is 7.73. The van der Waals surface area contributed by atoms with Crippen LogP contribution in [0.2, 0.25) is 5.02 Å². The molecule has 1 amide bonds. The van der Waals surface area contributed by atoms with Gasteiger partial charge in [0.2, 0.25) is 0 Å². The van der Waals surface area contributed by atoms with Crippen LogP contribution in [0.5, 0.6) is 0 Å². The van der Waals surface area contributed by atoms with Crippen LogP contribution in [-0.4, -0.2) is 5.91 Å². The maximum Gasteiger partial charge on any atom is 0.416 e. The highest BCUT2D eigenvalue weighted by Gasteiger charge is 2.31. The summed E-state index contributed by atoms with van der Waals surface area (Å²) in [6.07, 6.45) is -3.21. The van der Waals surface area contributed by atoms with Crippen molar-refractivity contribution in [2.24, 2.45) is 0 Å². The second-order valence-corrected chi connectivity index (χ2v) is 5.72. The number of carbonyl (C=O) groups excluding carboxylic acids is 1. The smallest absolute Gasteiger partial charge is 0.320 e. The van der Waals surface area contributed by atoms with Crippen LogP contribution in [0, 0.1) is 11.3 Å². The van der Waals surface area contributed by atoms with Crippen molar-refractivity contribution < 1.29 is 18.0 Å². The average molecular weight is 357 g/mol. The molecule has 23 heavy (non-hydrogen) atoms. The lowest BCUT2D eigenvalue weighted by atomic mass is 10.1. The number of amides is 1. The van der Waals surface area contributed by atoms with Crippen LogP contribution in [0.4, 0.5) is 18.9 Å². The first-order valence-electron chi connectivity index (χ1n) is 6.14. The van der Waals surface area contributed by atoms with E-state index < -0.39 is 17.6 Å². The average Bonchev–Trinajstić information content (AvgIpc) is 2.98. The van der Waals surface area contributed by atoms with Gasteiger partial charge in [0, 0.05) is 4.88 Å². The van der Waals surface area contributed by atoms with Gasteiger partial charge in [-0.15, -0.1) is 11.3 Å². The molecule has 0 saturated carbocycles. The Morgan fingerprint density at radius 3 is 2.65 bits per heavy atom. The van der Waals surface area contributed by atoms with Crippen molar-refractivity contribution in [3.63, 3.8) is 0 Å². The molecular weight excluding hydrogens is 349 g/mol. The third-order valence-electron chi connectivity index (χ3n) is 2.74. The predicted molar refractivity (Wildman–Crippen MR) is 83.0 cm³/mol. The van der Waals surface area contributed by atoms with Gasteiger partial charge in [-0.1, -0.05) is 17.7 Å². The second-order valence-electron chi connectivity index (χ2n) is 4.33. The van der Waals surface area contributed by atoms with Crippen LogP contribution in [0.15, 0.2) is 41.3 Å². The molecule has 0 aliphatic rings. The Hall–Kier alpha value is -2.30. The molecule has 1 aromatic carbocycles. The summed E-state index contributed by atoms with van der Waals surface area (Å²) in [5, 5.41) is 13.0. The number of alkyl halides is 3. The summed E-state index contributed by atoms with van der Waals surface area (Å²) in [5.74, 6) is -0.831. The van der Waals surface area contributed by atoms with Gasteiger partial charge < -0.3 is 5.32 Å². The Bertz CT molecular complexity index is 792. The van der Waals surface area contributed by atoms with Crippen LogP contribution >= 0.6 is 22.9 Å². The van der Waals surface area contributed by atoms with E-state index in [0.717, 1.165) is 18.2 Å². The third-order valence-corrected chi connectivity index (χ3v) is 3.89. The molecule has 2 rings (SSSR count). The molecular formula is C15H8ClF3N2OS. The minimum atomic E-state index is -4.56. The summed E-state index contributed by atoms with van der Waals surface area (Å²) in [7, 11) is 0. The third kappa shape index (κ3) is 4.34. The molecule has 0 unspecified atom stereocenters. The Labute approximate surface area is 138 Å². The first-order valence-corrected chi connectivity index (χ1v) is 7.40. The number of nitrogens with one attached hydrogen (secondary N) is 1. The molecule has 0 spiro atoms. The molecule has 8 heteroatoms. The van der Waals surface area contributed by atoms with E-state index in [4.69, 9.17) is 16.9 Å². The number of rotatable bonds is 3. The van der Waals surface area contributed by atoms with Gasteiger partial charge >= 0.3 is 6.18 Å². The van der Waals surface area contributed by atoms with Gasteiger partial charge in [0.05, 0.1) is 16.3 Å². The van der Waals surface area contributed by atoms with E-state index in [2.05, 4.69) is 5.32 Å². The highest BCUT2D eigenvalue weighted by atomic mass is 35.5. The van der Waals surface area contributed by atoms with Crippen molar-refractivity contribution >= 4 is 40.6 Å². The zero-order valence-corrected chi connectivity index (χ0v) is 12.9. The van der Waals surface area contributed by atoms with E-state index >= 15 is 0 Å². The lowest BCUT2D eigenvalue weighted by Crippen LogP contribution is -2.15. The number of halogens is 4. The molecule has 1 heterocycles. The molecule has 0 aliphatic heterocycles. The zero-order valence-electron chi connectivity index (χ0n) is 11.3. The molecule has 0 radical (unpaired) electrons. The van der Waals surface area contributed by atoms with Gasteiger partial charge in [0.15, 0.2) is 0 Å². The molecule has 3 nitrogen and oxygen atoms in total. The topological polar surface area (TPSA) is 52.9 Å². The van der Waals surface area contributed by atoms with E-state index in [9.17, 15) is 18.0 Å². The minimum absolute atomic E-state index is 0.0558. The number of nitrogens with zero attached hydrogens (tertiary/aromatic N) is 1. The van der Waals surface area contributed by atoms with E-state index in [-0.39, 0.29) is 16.3 Å². The first-order chi connectivity index (χ1) is 10.8. The first kappa shape index (κ1) is 17.1. The fraction of sp³-hybridized carbons (Fsp3) is 0.0667. The van der Waals surface area contributed by atoms with Gasteiger partial charge in [0.1, 0.15) is 11.6 Å². The zero-order chi connectivity index (χ0) is 17.0. The normalized spacial score (nSPS) is 11.9. The van der Waals surface area contributed by atoms with Crippen molar-refractivity contribution in [2.45, 2.75) is 6.18 Å². The van der Waals surface area contributed by atoms with Crippen LogP contribution in [0.25, 0.3) is 6.08 Å². The lowest BCUT2D eigenvalue weighted by molar-refractivity contribution is -0.137. The highest BCUT2D eigenvalue weighted by molar-refractivity contribution is 7.10. The van der Waals surface area contributed by atoms with Crippen LogP contribution < -0.4 is 5.32 Å². The summed E-state index contributed by atoms with van der Waals surface area (Å²) >= 11 is 7.12. The van der Waals surface area contributed by atoms with Crippen molar-refractivity contribution in [1.29, 1.82) is 5.26 Å². The number of benzene rings is 1. The number of nitriles is 1. The van der Waals surface area contributed by atoms with Crippen molar-refractivity contribution in [3.8, 4) is 6.07 Å². The van der Waals surface area contributed by atoms with Crippen LogP contribution in [0.1, 0.15) is 10.4 Å². The number of anilines is 1. The molecule has 0 fully saturated rings. The number of carbonyl (C=O) groups is 1. The molecule has 0 atom stereocenters. The number of hydrogen-bond acceptors (Lipinski definition) is 3. The lowest BCUT2D eigenvalue weighted by Gasteiger charge is -2.11.